The van der Waals surface area contributed by atoms with Crippen LogP contribution in [0.5, 0.6) is 0 Å². The summed E-state index contributed by atoms with van der Waals surface area (Å²) in [6.07, 6.45) is 7.97. The first kappa shape index (κ1) is 14.9. The maximum absolute atomic E-state index is 12.2. The van der Waals surface area contributed by atoms with Gasteiger partial charge in [-0.2, -0.15) is 0 Å². The summed E-state index contributed by atoms with van der Waals surface area (Å²) in [7, 11) is 1.68. The molecule has 1 saturated heterocycles. The predicted molar refractivity (Wildman–Crippen MR) is 74.2 cm³/mol. The molecule has 1 atom stereocenters. The molecule has 1 N–H and O–H groups in total. The minimum atomic E-state index is 0.0311. The van der Waals surface area contributed by atoms with E-state index in [1.807, 2.05) is 0 Å². The number of rotatable bonds is 6. The third kappa shape index (κ3) is 4.26. The van der Waals surface area contributed by atoms with Crippen molar-refractivity contribution in [2.45, 2.75) is 50.5 Å². The van der Waals surface area contributed by atoms with Crippen molar-refractivity contribution in [3.63, 3.8) is 0 Å². The van der Waals surface area contributed by atoms with E-state index in [2.05, 4.69) is 5.32 Å². The van der Waals surface area contributed by atoms with Crippen LogP contribution in [0, 0.1) is 5.92 Å². The normalized spacial score (nSPS) is 26.5. The second-order valence-electron chi connectivity index (χ2n) is 5.92. The minimum Gasteiger partial charge on any atom is -0.383 e. The van der Waals surface area contributed by atoms with Crippen molar-refractivity contribution in [1.29, 1.82) is 0 Å². The SMILES string of the molecule is COCCNCC(=O)C1CCOC2(CCCCC2)C1. The molecule has 1 heterocycles. The molecule has 4 nitrogen and oxygen atoms in total. The van der Waals surface area contributed by atoms with Gasteiger partial charge in [-0.05, 0) is 25.7 Å². The number of ketones is 1. The fraction of sp³-hybridized carbons (Fsp3) is 0.933. The summed E-state index contributed by atoms with van der Waals surface area (Å²) in [6.45, 7) is 2.64. The topological polar surface area (TPSA) is 47.6 Å². The van der Waals surface area contributed by atoms with Gasteiger partial charge in [0.15, 0.2) is 0 Å². The molecule has 1 aliphatic heterocycles. The average Bonchev–Trinajstić information content (AvgIpc) is 2.44. The van der Waals surface area contributed by atoms with E-state index in [4.69, 9.17) is 9.47 Å². The summed E-state index contributed by atoms with van der Waals surface area (Å²) >= 11 is 0. The summed E-state index contributed by atoms with van der Waals surface area (Å²) in [5.74, 6) is 0.547. The largest absolute Gasteiger partial charge is 0.383 e. The van der Waals surface area contributed by atoms with Gasteiger partial charge in [0.25, 0.3) is 0 Å². The van der Waals surface area contributed by atoms with Crippen molar-refractivity contribution < 1.29 is 14.3 Å². The summed E-state index contributed by atoms with van der Waals surface area (Å²) < 4.78 is 11.0. The zero-order valence-electron chi connectivity index (χ0n) is 12.1. The van der Waals surface area contributed by atoms with Crippen molar-refractivity contribution in [2.24, 2.45) is 5.92 Å². The van der Waals surface area contributed by atoms with Crippen molar-refractivity contribution in [2.75, 3.05) is 33.4 Å². The van der Waals surface area contributed by atoms with Gasteiger partial charge >= 0.3 is 0 Å². The van der Waals surface area contributed by atoms with Gasteiger partial charge in [-0.15, -0.1) is 0 Å². The van der Waals surface area contributed by atoms with Crippen LogP contribution in [0.3, 0.4) is 0 Å². The first-order valence-electron chi connectivity index (χ1n) is 7.62. The molecule has 2 fully saturated rings. The van der Waals surface area contributed by atoms with Gasteiger partial charge < -0.3 is 14.8 Å². The predicted octanol–water partition coefficient (Wildman–Crippen LogP) is 1.92. The molecule has 19 heavy (non-hydrogen) atoms. The molecular formula is C15H27NO3. The highest BCUT2D eigenvalue weighted by atomic mass is 16.5. The maximum atomic E-state index is 12.2. The number of methoxy groups -OCH3 is 1. The van der Waals surface area contributed by atoms with Crippen LogP contribution in [0.25, 0.3) is 0 Å². The second kappa shape index (κ2) is 7.36. The molecule has 1 spiro atoms. The van der Waals surface area contributed by atoms with Crippen molar-refractivity contribution >= 4 is 5.78 Å². The van der Waals surface area contributed by atoms with Crippen LogP contribution in [0.4, 0.5) is 0 Å². The van der Waals surface area contributed by atoms with Gasteiger partial charge in [-0.3, -0.25) is 4.79 Å². The van der Waals surface area contributed by atoms with Crippen molar-refractivity contribution in [3.05, 3.63) is 0 Å². The Kier molecular flexibility index (Phi) is 5.79. The highest BCUT2D eigenvalue weighted by molar-refractivity contribution is 5.83. The first-order chi connectivity index (χ1) is 9.26. The Balaban J connectivity index is 1.78. The molecule has 1 unspecified atom stereocenters. The number of hydrogen-bond donors (Lipinski definition) is 1. The monoisotopic (exact) mass is 269 g/mol. The van der Waals surface area contributed by atoms with Crippen LogP contribution in [-0.4, -0.2) is 44.8 Å². The molecule has 1 aliphatic carbocycles. The molecule has 0 aromatic carbocycles. The van der Waals surface area contributed by atoms with E-state index in [0.717, 1.165) is 38.8 Å². The van der Waals surface area contributed by atoms with E-state index in [-0.39, 0.29) is 11.5 Å². The number of ether oxygens (including phenoxy) is 2. The van der Waals surface area contributed by atoms with Crippen LogP contribution in [0.2, 0.25) is 0 Å². The molecule has 0 amide bonds. The van der Waals surface area contributed by atoms with Gasteiger partial charge in [-0.1, -0.05) is 19.3 Å². The van der Waals surface area contributed by atoms with Crippen molar-refractivity contribution in [1.82, 2.24) is 5.32 Å². The van der Waals surface area contributed by atoms with E-state index < -0.39 is 0 Å². The van der Waals surface area contributed by atoms with Gasteiger partial charge in [0.1, 0.15) is 5.78 Å². The second-order valence-corrected chi connectivity index (χ2v) is 5.92. The summed E-state index contributed by atoms with van der Waals surface area (Å²) in [5, 5.41) is 3.16. The highest BCUT2D eigenvalue weighted by Gasteiger charge is 2.40. The number of carbonyl (C=O) groups excluding carboxylic acids is 1. The maximum Gasteiger partial charge on any atom is 0.149 e. The summed E-state index contributed by atoms with van der Waals surface area (Å²) in [5.41, 5.74) is 0.0311. The van der Waals surface area contributed by atoms with E-state index >= 15 is 0 Å². The molecule has 0 aromatic heterocycles. The molecule has 2 aliphatic rings. The van der Waals surface area contributed by atoms with Crippen LogP contribution in [-0.2, 0) is 14.3 Å². The third-order valence-electron chi connectivity index (χ3n) is 4.50. The highest BCUT2D eigenvalue weighted by Crippen LogP contribution is 2.40. The molecular weight excluding hydrogens is 242 g/mol. The summed E-state index contributed by atoms with van der Waals surface area (Å²) in [6, 6.07) is 0. The Morgan fingerprint density at radius 2 is 2.16 bits per heavy atom. The number of Topliss-reactive ketones (excluding diaryl/α,β-unsaturated/α-hetero) is 1. The number of nitrogens with one attached hydrogen (secondary N) is 1. The molecule has 0 radical (unpaired) electrons. The zero-order chi connectivity index (χ0) is 13.6. The van der Waals surface area contributed by atoms with Crippen LogP contribution < -0.4 is 5.32 Å². The van der Waals surface area contributed by atoms with E-state index in [1.165, 1.54) is 19.3 Å². The van der Waals surface area contributed by atoms with Crippen molar-refractivity contribution in [3.8, 4) is 0 Å². The first-order valence-corrected chi connectivity index (χ1v) is 7.62. The minimum absolute atomic E-state index is 0.0311. The standard InChI is InChI=1S/C15H27NO3/c1-18-10-8-16-12-14(17)13-5-9-19-15(11-13)6-3-2-4-7-15/h13,16H,2-12H2,1H3. The fourth-order valence-corrected chi connectivity index (χ4v) is 3.38. The Bertz CT molecular complexity index is 282. The number of carbonyl (C=O) groups is 1. The Morgan fingerprint density at radius 1 is 1.37 bits per heavy atom. The molecule has 110 valence electrons. The fourth-order valence-electron chi connectivity index (χ4n) is 3.38. The lowest BCUT2D eigenvalue weighted by molar-refractivity contribution is -0.142. The van der Waals surface area contributed by atoms with E-state index in [9.17, 15) is 4.79 Å². The molecule has 4 heteroatoms. The Morgan fingerprint density at radius 3 is 2.89 bits per heavy atom. The molecule has 0 bridgehead atoms. The van der Waals surface area contributed by atoms with Crippen LogP contribution >= 0.6 is 0 Å². The van der Waals surface area contributed by atoms with Crippen LogP contribution in [0.15, 0.2) is 0 Å². The molecule has 2 rings (SSSR count). The number of hydrogen-bond acceptors (Lipinski definition) is 4. The van der Waals surface area contributed by atoms with E-state index in [1.54, 1.807) is 7.11 Å². The molecule has 1 saturated carbocycles. The average molecular weight is 269 g/mol. The van der Waals surface area contributed by atoms with Gasteiger partial charge in [0, 0.05) is 26.2 Å². The van der Waals surface area contributed by atoms with Gasteiger partial charge in [0.2, 0.25) is 0 Å². The Labute approximate surface area is 116 Å². The third-order valence-corrected chi connectivity index (χ3v) is 4.50. The smallest absolute Gasteiger partial charge is 0.149 e. The van der Waals surface area contributed by atoms with Crippen LogP contribution in [0.1, 0.15) is 44.9 Å². The zero-order valence-corrected chi connectivity index (χ0v) is 12.1. The Hall–Kier alpha value is -0.450. The lowest BCUT2D eigenvalue weighted by atomic mass is 9.75. The van der Waals surface area contributed by atoms with Gasteiger partial charge in [-0.25, -0.2) is 0 Å². The quantitative estimate of drug-likeness (QED) is 0.748. The summed E-state index contributed by atoms with van der Waals surface area (Å²) in [4.78, 5) is 12.2. The van der Waals surface area contributed by atoms with Gasteiger partial charge in [0.05, 0.1) is 18.8 Å². The lowest BCUT2D eigenvalue weighted by Crippen LogP contribution is -2.45. The lowest BCUT2D eigenvalue weighted by Gasteiger charge is -2.43. The van der Waals surface area contributed by atoms with E-state index in [0.29, 0.717) is 18.9 Å². The molecule has 0 aromatic rings.